The third kappa shape index (κ3) is 24.4. The van der Waals surface area contributed by atoms with Gasteiger partial charge in [-0.05, 0) is 169 Å². The molecule has 424 valence electrons. The number of carbonyl (C=O) groups excluding carboxylic acids is 4. The first kappa shape index (κ1) is 65.7. The summed E-state index contributed by atoms with van der Waals surface area (Å²) in [6, 6.07) is 28.6. The topological polar surface area (TPSA) is 236 Å². The number of nitrogens with zero attached hydrogens (tertiary/aromatic N) is 3. The van der Waals surface area contributed by atoms with Crippen molar-refractivity contribution in [3.05, 3.63) is 118 Å². The molecule has 2 aliphatic rings. The Morgan fingerprint density at radius 1 is 0.731 bits per heavy atom. The zero-order valence-corrected chi connectivity index (χ0v) is 48.8. The number of nitriles is 2. The number of aliphatic hydroxyl groups is 1. The second-order valence-corrected chi connectivity index (χ2v) is 26.6. The summed E-state index contributed by atoms with van der Waals surface area (Å²) in [5.74, 6) is 8.33. The number of nitrogens with two attached hydrogens (primary N) is 1. The molecule has 78 heavy (non-hydrogen) atoms. The highest BCUT2D eigenvalue weighted by molar-refractivity contribution is 6.74. The molecule has 2 amide bonds. The Labute approximate surface area is 465 Å². The Hall–Kier alpha value is -6.60. The van der Waals surface area contributed by atoms with Crippen LogP contribution in [0.2, 0.25) is 18.1 Å². The molecule has 0 aliphatic heterocycles. The second-order valence-electron chi connectivity index (χ2n) is 21.8. The molecule has 0 radical (unpaired) electrons. The van der Waals surface area contributed by atoms with Crippen molar-refractivity contribution in [3.8, 4) is 35.1 Å². The van der Waals surface area contributed by atoms with Crippen LogP contribution in [0.15, 0.2) is 84.9 Å². The largest absolute Gasteiger partial charge is 0.493 e. The fourth-order valence-electron chi connectivity index (χ4n) is 8.01. The third-order valence-electron chi connectivity index (χ3n) is 13.4. The van der Waals surface area contributed by atoms with Gasteiger partial charge in [-0.15, -0.1) is 0 Å². The number of ketones is 1. The lowest BCUT2D eigenvalue weighted by molar-refractivity contribution is -0.119. The maximum absolute atomic E-state index is 12.8. The zero-order valence-electron chi connectivity index (χ0n) is 47.8. The van der Waals surface area contributed by atoms with Crippen molar-refractivity contribution in [2.45, 2.75) is 156 Å². The van der Waals surface area contributed by atoms with Gasteiger partial charge in [-0.1, -0.05) is 71.4 Å². The van der Waals surface area contributed by atoms with E-state index in [1.54, 1.807) is 48.3 Å². The molecule has 4 aromatic carbocycles. The van der Waals surface area contributed by atoms with E-state index < -0.39 is 14.2 Å². The number of Topliss-reactive ketones (excluding diaryl/α,β-unsaturated/α-hetero) is 1. The highest BCUT2D eigenvalue weighted by Crippen LogP contribution is 2.36. The number of rotatable bonds is 21. The fraction of sp³-hybridized carbons (Fsp3) is 0.508. The number of benzene rings is 4. The van der Waals surface area contributed by atoms with Gasteiger partial charge in [0.1, 0.15) is 41.4 Å². The summed E-state index contributed by atoms with van der Waals surface area (Å²) in [4.78, 5) is 45.2. The predicted octanol–water partition coefficient (Wildman–Crippen LogP) is 11.4. The van der Waals surface area contributed by atoms with Gasteiger partial charge in [0.15, 0.2) is 14.1 Å². The molecule has 4 aromatic rings. The standard InChI is InChI=1S/C27H35N3O4.C14H18O2.C11H13N3O2.C9H20O2Si/c1-20(2)34-26-13-10-23(16-24(26)17-28)27(32)29-30(14-15-31)18-21-8-11-25(12-9-21)33-19-22-6-4-3-5-7-22;15-10-12-6-8-14(9-7-12)16-11-13-4-2-1-3-5-13;1-7(2)16-10-4-3-8(11(15)14-13)5-9(10)6-12;1-8(10)7-11-12(5,6)9(2,3)4/h8-13,16,20,22,31H,3-7,14-15,18-19H2,1-2H3,(H,29,32);6-10,13H,1-5,11H2;3-5,7H,13H2,1-2H3,(H,14,15);7H2,1-6H3. The monoisotopic (exact) mass is 1090 g/mol. The van der Waals surface area contributed by atoms with E-state index in [1.165, 1.54) is 76.3 Å². The molecule has 0 bridgehead atoms. The van der Waals surface area contributed by atoms with Gasteiger partial charge in [-0.3, -0.25) is 30.0 Å². The molecular formula is C61H86N6O10Si. The van der Waals surface area contributed by atoms with Crippen LogP contribution >= 0.6 is 0 Å². The Morgan fingerprint density at radius 2 is 1.18 bits per heavy atom. The van der Waals surface area contributed by atoms with Gasteiger partial charge in [0.05, 0.1) is 49.8 Å². The summed E-state index contributed by atoms with van der Waals surface area (Å²) in [5.41, 5.74) is 7.81. The minimum atomic E-state index is -1.69. The van der Waals surface area contributed by atoms with Gasteiger partial charge in [-0.2, -0.15) is 10.5 Å². The van der Waals surface area contributed by atoms with Crippen LogP contribution in [0.5, 0.6) is 23.0 Å². The third-order valence-corrected chi connectivity index (χ3v) is 17.9. The molecule has 2 saturated carbocycles. The summed E-state index contributed by atoms with van der Waals surface area (Å²) in [7, 11) is -1.69. The van der Waals surface area contributed by atoms with Gasteiger partial charge < -0.3 is 28.5 Å². The van der Waals surface area contributed by atoms with Crippen LogP contribution in [0, 0.1) is 34.5 Å². The maximum Gasteiger partial charge on any atom is 0.265 e. The van der Waals surface area contributed by atoms with Gasteiger partial charge >= 0.3 is 0 Å². The zero-order chi connectivity index (χ0) is 57.7. The Balaban J connectivity index is 0.000000303. The fourth-order valence-corrected chi connectivity index (χ4v) is 9.00. The number of carbonyl (C=O) groups is 4. The lowest BCUT2D eigenvalue weighted by atomic mass is 9.90. The van der Waals surface area contributed by atoms with Crippen LogP contribution in [-0.4, -0.2) is 87.5 Å². The van der Waals surface area contributed by atoms with E-state index in [0.29, 0.717) is 51.8 Å². The molecule has 0 atom stereocenters. The highest BCUT2D eigenvalue weighted by Gasteiger charge is 2.37. The number of nitrogens with one attached hydrogen (secondary N) is 2. The minimum absolute atomic E-state index is 0.0266. The molecule has 2 fully saturated rings. The number of hydrazine groups is 2. The average molecular weight is 1090 g/mol. The summed E-state index contributed by atoms with van der Waals surface area (Å²) in [6.07, 6.45) is 13.8. The summed E-state index contributed by atoms with van der Waals surface area (Å²) >= 11 is 0. The lowest BCUT2D eigenvalue weighted by Gasteiger charge is -2.35. The van der Waals surface area contributed by atoms with Gasteiger partial charge in [0.2, 0.25) is 0 Å². The molecule has 17 heteroatoms. The minimum Gasteiger partial charge on any atom is -0.493 e. The Kier molecular flexibility index (Phi) is 28.9. The van der Waals surface area contributed by atoms with Crippen LogP contribution in [-0.2, 0) is 15.8 Å². The maximum atomic E-state index is 12.8. The molecule has 0 spiro atoms. The molecular weight excluding hydrogens is 1000 g/mol. The number of hydrogen-bond donors (Lipinski definition) is 4. The van der Waals surface area contributed by atoms with E-state index >= 15 is 0 Å². The van der Waals surface area contributed by atoms with Crippen molar-refractivity contribution in [1.82, 2.24) is 15.9 Å². The number of aldehydes is 1. The number of nitrogen functional groups attached to an aromatic ring is 1. The van der Waals surface area contributed by atoms with Crippen molar-refractivity contribution in [3.63, 3.8) is 0 Å². The lowest BCUT2D eigenvalue weighted by Crippen LogP contribution is -2.43. The molecule has 0 aromatic heterocycles. The van der Waals surface area contributed by atoms with Crippen LogP contribution in [0.1, 0.15) is 167 Å². The number of ether oxygens (including phenoxy) is 4. The van der Waals surface area contributed by atoms with Crippen LogP contribution in [0.4, 0.5) is 0 Å². The van der Waals surface area contributed by atoms with Crippen LogP contribution < -0.4 is 35.6 Å². The Morgan fingerprint density at radius 3 is 1.56 bits per heavy atom. The molecule has 5 N–H and O–H groups in total. The molecule has 0 saturated heterocycles. The van der Waals surface area contributed by atoms with E-state index in [9.17, 15) is 29.5 Å². The van der Waals surface area contributed by atoms with Crippen molar-refractivity contribution < 1.29 is 47.7 Å². The first-order chi connectivity index (χ1) is 37.1. The van der Waals surface area contributed by atoms with E-state index in [2.05, 4.69) is 45.4 Å². The van der Waals surface area contributed by atoms with Gasteiger partial charge in [-0.25, -0.2) is 10.9 Å². The quantitative estimate of drug-likeness (QED) is 0.0200. The molecule has 0 unspecified atom stereocenters. The van der Waals surface area contributed by atoms with Crippen molar-refractivity contribution >= 4 is 32.2 Å². The SMILES string of the molecule is CC(=O)CO[Si](C)(C)C(C)(C)C.CC(C)Oc1ccc(C(=O)NN(CCO)Cc2ccc(OCC3CCCCC3)cc2)cc1C#N.CC(C)Oc1ccc(C(=O)NN)cc1C#N.O=Cc1ccc(OCC2CCCCC2)cc1. The Bertz CT molecular complexity index is 2540. The van der Waals surface area contributed by atoms with E-state index in [4.69, 9.17) is 34.5 Å². The first-order valence-electron chi connectivity index (χ1n) is 27.2. The van der Waals surface area contributed by atoms with Crippen molar-refractivity contribution in [2.75, 3.05) is 33.0 Å². The average Bonchev–Trinajstić information content (AvgIpc) is 3.42. The second kappa shape index (κ2) is 34.3. The first-order valence-corrected chi connectivity index (χ1v) is 30.1. The highest BCUT2D eigenvalue weighted by atomic mass is 28.4. The number of hydrogen-bond acceptors (Lipinski definition) is 14. The predicted molar refractivity (Wildman–Crippen MR) is 307 cm³/mol. The normalized spacial score (nSPS) is 13.7. The van der Waals surface area contributed by atoms with E-state index in [-0.39, 0.29) is 48.7 Å². The molecule has 16 nitrogen and oxygen atoms in total. The van der Waals surface area contributed by atoms with E-state index in [1.807, 2.05) is 75.6 Å². The van der Waals surface area contributed by atoms with Gasteiger partial charge in [0.25, 0.3) is 11.8 Å². The van der Waals surface area contributed by atoms with Crippen molar-refractivity contribution in [1.29, 1.82) is 10.5 Å². The van der Waals surface area contributed by atoms with Crippen LogP contribution in [0.3, 0.4) is 0 Å². The number of amides is 2. The smallest absolute Gasteiger partial charge is 0.265 e. The summed E-state index contributed by atoms with van der Waals surface area (Å²) < 4.78 is 28.4. The number of aliphatic hydroxyl groups excluding tert-OH is 1. The summed E-state index contributed by atoms with van der Waals surface area (Å²) in [6.45, 7) is 22.3. The van der Waals surface area contributed by atoms with E-state index in [0.717, 1.165) is 42.5 Å². The molecule has 0 heterocycles. The van der Waals surface area contributed by atoms with Crippen LogP contribution in [0.25, 0.3) is 0 Å². The molecule has 2 aliphatic carbocycles. The van der Waals surface area contributed by atoms with Crippen molar-refractivity contribution in [2.24, 2.45) is 17.7 Å². The summed E-state index contributed by atoms with van der Waals surface area (Å²) in [5, 5.41) is 29.7. The van der Waals surface area contributed by atoms with Gasteiger partial charge in [0, 0.05) is 29.8 Å². The molecule has 6 rings (SSSR count).